The van der Waals surface area contributed by atoms with E-state index in [-0.39, 0.29) is 0 Å². The van der Waals surface area contributed by atoms with Crippen LogP contribution in [0.25, 0.3) is 0 Å². The molecule has 1 aromatic rings. The Morgan fingerprint density at radius 3 is 3.07 bits per heavy atom. The zero-order chi connectivity index (χ0) is 11.1. The highest BCUT2D eigenvalue weighted by Crippen LogP contribution is 2.01. The number of anilines is 1. The summed E-state index contributed by atoms with van der Waals surface area (Å²) in [4.78, 5) is 19.1. The molecule has 1 N–H and O–H groups in total. The predicted octanol–water partition coefficient (Wildman–Crippen LogP) is 0.453. The minimum Gasteiger partial charge on any atom is -0.464 e. The van der Waals surface area contributed by atoms with Gasteiger partial charge in [0, 0.05) is 12.4 Å². The van der Waals surface area contributed by atoms with Crippen LogP contribution in [0.3, 0.4) is 0 Å². The Morgan fingerprint density at radius 2 is 2.53 bits per heavy atom. The van der Waals surface area contributed by atoms with Crippen LogP contribution in [0.2, 0.25) is 0 Å². The van der Waals surface area contributed by atoms with Crippen molar-refractivity contribution in [3.05, 3.63) is 18.6 Å². The summed E-state index contributed by atoms with van der Waals surface area (Å²) in [6.07, 6.45) is 9.70. The third-order valence-electron chi connectivity index (χ3n) is 1.54. The Morgan fingerprint density at radius 1 is 1.73 bits per heavy atom. The van der Waals surface area contributed by atoms with Crippen LogP contribution in [0.1, 0.15) is 6.92 Å². The quantitative estimate of drug-likeness (QED) is 0.571. The maximum Gasteiger partial charge on any atom is 0.341 e. The summed E-state index contributed by atoms with van der Waals surface area (Å²) in [5, 5.41) is 2.73. The largest absolute Gasteiger partial charge is 0.464 e. The molecule has 0 aromatic carbocycles. The van der Waals surface area contributed by atoms with E-state index in [1.165, 1.54) is 18.6 Å². The van der Waals surface area contributed by atoms with Crippen LogP contribution in [-0.2, 0) is 9.53 Å². The number of carbonyl (C=O) groups is 1. The van der Waals surface area contributed by atoms with Crippen molar-refractivity contribution in [1.82, 2.24) is 9.97 Å². The highest BCUT2D eigenvalue weighted by Gasteiger charge is 2.16. The molecule has 1 aromatic heterocycles. The number of carbonyl (C=O) groups excluding carboxylic acids is 1. The minimum absolute atomic E-state index is 0.291. The second kappa shape index (κ2) is 5.60. The Bertz CT molecular complexity index is 359. The molecule has 0 saturated carbocycles. The fraction of sp³-hybridized carbons (Fsp3) is 0.300. The maximum absolute atomic E-state index is 11.3. The van der Waals surface area contributed by atoms with Gasteiger partial charge in [0.15, 0.2) is 6.04 Å². The number of nitrogens with zero attached hydrogens (tertiary/aromatic N) is 2. The van der Waals surface area contributed by atoms with Crippen LogP contribution in [0.4, 0.5) is 5.82 Å². The second-order valence-electron chi connectivity index (χ2n) is 2.59. The molecular weight excluding hydrogens is 194 g/mol. The van der Waals surface area contributed by atoms with Gasteiger partial charge < -0.3 is 10.1 Å². The van der Waals surface area contributed by atoms with Gasteiger partial charge >= 0.3 is 5.97 Å². The van der Waals surface area contributed by atoms with Crippen LogP contribution in [0.15, 0.2) is 18.6 Å². The van der Waals surface area contributed by atoms with Crippen LogP contribution in [0, 0.1) is 12.3 Å². The van der Waals surface area contributed by atoms with Gasteiger partial charge in [-0.3, -0.25) is 4.98 Å². The van der Waals surface area contributed by atoms with E-state index in [1.807, 2.05) is 0 Å². The summed E-state index contributed by atoms with van der Waals surface area (Å²) < 4.78 is 4.77. The first-order valence-corrected chi connectivity index (χ1v) is 4.43. The summed E-state index contributed by atoms with van der Waals surface area (Å²) in [5.74, 6) is 2.23. The molecule has 5 heteroatoms. The summed E-state index contributed by atoms with van der Waals surface area (Å²) in [6.45, 7) is 2.01. The van der Waals surface area contributed by atoms with Crippen LogP contribution in [-0.4, -0.2) is 28.6 Å². The van der Waals surface area contributed by atoms with E-state index in [2.05, 4.69) is 21.2 Å². The molecule has 0 amide bonds. The number of ether oxygens (including phenoxy) is 1. The van der Waals surface area contributed by atoms with Crippen molar-refractivity contribution in [2.24, 2.45) is 0 Å². The van der Waals surface area contributed by atoms with Crippen molar-refractivity contribution in [2.45, 2.75) is 13.0 Å². The molecule has 0 aliphatic heterocycles. The number of esters is 1. The molecule has 1 unspecified atom stereocenters. The van der Waals surface area contributed by atoms with Gasteiger partial charge in [0.2, 0.25) is 0 Å². The van der Waals surface area contributed by atoms with Crippen LogP contribution >= 0.6 is 0 Å². The number of nitrogens with one attached hydrogen (secondary N) is 1. The normalized spacial score (nSPS) is 11.2. The van der Waals surface area contributed by atoms with Gasteiger partial charge in [-0.25, -0.2) is 9.78 Å². The summed E-state index contributed by atoms with van der Waals surface area (Å²) in [6, 6.07) is -0.832. The molecule has 0 bridgehead atoms. The number of hydrogen-bond donors (Lipinski definition) is 1. The first-order valence-electron chi connectivity index (χ1n) is 4.43. The van der Waals surface area contributed by atoms with E-state index >= 15 is 0 Å². The number of hydrogen-bond acceptors (Lipinski definition) is 5. The highest BCUT2D eigenvalue weighted by molar-refractivity contribution is 5.82. The van der Waals surface area contributed by atoms with Gasteiger partial charge in [-0.15, -0.1) is 6.42 Å². The average molecular weight is 205 g/mol. The SMILES string of the molecule is C#CC(Nc1cnccn1)C(=O)OCC. The zero-order valence-electron chi connectivity index (χ0n) is 8.30. The maximum atomic E-state index is 11.3. The Hall–Kier alpha value is -2.09. The lowest BCUT2D eigenvalue weighted by atomic mass is 10.3. The lowest BCUT2D eigenvalue weighted by Gasteiger charge is -2.11. The van der Waals surface area contributed by atoms with E-state index in [0.29, 0.717) is 12.4 Å². The fourth-order valence-corrected chi connectivity index (χ4v) is 0.916. The zero-order valence-corrected chi connectivity index (χ0v) is 8.30. The lowest BCUT2D eigenvalue weighted by Crippen LogP contribution is -2.30. The molecule has 1 heterocycles. The van der Waals surface area contributed by atoms with Crippen molar-refractivity contribution >= 4 is 11.8 Å². The van der Waals surface area contributed by atoms with Gasteiger partial charge in [0.1, 0.15) is 5.82 Å². The van der Waals surface area contributed by atoms with Gasteiger partial charge in [0.25, 0.3) is 0 Å². The Kier molecular flexibility index (Phi) is 4.10. The van der Waals surface area contributed by atoms with Crippen LogP contribution in [0.5, 0.6) is 0 Å². The standard InChI is InChI=1S/C10H11N3O2/c1-3-8(10(14)15-4-2)13-9-7-11-5-6-12-9/h1,5-8H,4H2,2H3,(H,12,13). The number of rotatable bonds is 4. The molecule has 0 fully saturated rings. The Balaban J connectivity index is 2.63. The van der Waals surface area contributed by atoms with Crippen molar-refractivity contribution in [3.8, 4) is 12.3 Å². The Labute approximate surface area is 87.9 Å². The van der Waals surface area contributed by atoms with E-state index in [1.54, 1.807) is 6.92 Å². The first kappa shape index (κ1) is 11.0. The monoisotopic (exact) mass is 205 g/mol. The molecule has 0 aliphatic carbocycles. The predicted molar refractivity (Wildman–Crippen MR) is 54.9 cm³/mol. The van der Waals surface area contributed by atoms with Crippen molar-refractivity contribution in [2.75, 3.05) is 11.9 Å². The molecule has 5 nitrogen and oxygen atoms in total. The van der Waals surface area contributed by atoms with E-state index in [4.69, 9.17) is 11.2 Å². The lowest BCUT2D eigenvalue weighted by molar-refractivity contribution is -0.142. The third-order valence-corrected chi connectivity index (χ3v) is 1.54. The van der Waals surface area contributed by atoms with E-state index in [0.717, 1.165) is 0 Å². The molecule has 1 rings (SSSR count). The summed E-state index contributed by atoms with van der Waals surface area (Å²) in [7, 11) is 0. The fourth-order valence-electron chi connectivity index (χ4n) is 0.916. The van der Waals surface area contributed by atoms with E-state index in [9.17, 15) is 4.79 Å². The highest BCUT2D eigenvalue weighted by atomic mass is 16.5. The van der Waals surface area contributed by atoms with Crippen molar-refractivity contribution in [3.63, 3.8) is 0 Å². The molecule has 0 saturated heterocycles. The topological polar surface area (TPSA) is 64.1 Å². The molecular formula is C10H11N3O2. The molecule has 0 spiro atoms. The summed E-state index contributed by atoms with van der Waals surface area (Å²) >= 11 is 0. The second-order valence-corrected chi connectivity index (χ2v) is 2.59. The van der Waals surface area contributed by atoms with Gasteiger partial charge in [-0.1, -0.05) is 5.92 Å². The van der Waals surface area contributed by atoms with Gasteiger partial charge in [0.05, 0.1) is 12.8 Å². The summed E-state index contributed by atoms with van der Waals surface area (Å²) in [5.41, 5.74) is 0. The molecule has 15 heavy (non-hydrogen) atoms. The van der Waals surface area contributed by atoms with Crippen LogP contribution < -0.4 is 5.32 Å². The molecule has 78 valence electrons. The smallest absolute Gasteiger partial charge is 0.341 e. The van der Waals surface area contributed by atoms with Gasteiger partial charge in [-0.2, -0.15) is 0 Å². The third kappa shape index (κ3) is 3.27. The minimum atomic E-state index is -0.832. The first-order chi connectivity index (χ1) is 7.27. The van der Waals surface area contributed by atoms with Gasteiger partial charge in [-0.05, 0) is 6.92 Å². The number of terminal acetylenes is 1. The van der Waals surface area contributed by atoms with Crippen molar-refractivity contribution < 1.29 is 9.53 Å². The molecule has 0 aliphatic rings. The molecule has 0 radical (unpaired) electrons. The molecule has 1 atom stereocenters. The number of aromatic nitrogens is 2. The average Bonchev–Trinajstić information content (AvgIpc) is 2.27. The van der Waals surface area contributed by atoms with E-state index < -0.39 is 12.0 Å². The van der Waals surface area contributed by atoms with Crippen molar-refractivity contribution in [1.29, 1.82) is 0 Å².